The Morgan fingerprint density at radius 1 is 1.08 bits per heavy atom. The molecule has 8 nitrogen and oxygen atoms in total. The number of ether oxygens (including phenoxy) is 1. The third-order valence-electron chi connectivity index (χ3n) is 6.90. The van der Waals surface area contributed by atoms with Crippen LogP contribution in [-0.4, -0.2) is 74.9 Å². The predicted molar refractivity (Wildman–Crippen MR) is 155 cm³/mol. The second-order valence-electron chi connectivity index (χ2n) is 11.1. The van der Waals surface area contributed by atoms with Gasteiger partial charge in [0, 0.05) is 54.5 Å². The van der Waals surface area contributed by atoms with Gasteiger partial charge < -0.3 is 14.5 Å². The number of rotatable bonds is 8. The highest BCUT2D eigenvalue weighted by atomic mass is 32.2. The number of piperazine rings is 1. The molecule has 39 heavy (non-hydrogen) atoms. The molecule has 1 unspecified atom stereocenters. The first-order valence-corrected chi connectivity index (χ1v) is 14.5. The van der Waals surface area contributed by atoms with Crippen molar-refractivity contribution in [2.45, 2.75) is 58.7 Å². The van der Waals surface area contributed by atoms with Crippen molar-refractivity contribution in [3.8, 4) is 22.8 Å². The van der Waals surface area contributed by atoms with Crippen molar-refractivity contribution in [2.24, 2.45) is 5.41 Å². The van der Waals surface area contributed by atoms with Gasteiger partial charge in [-0.25, -0.2) is 0 Å². The monoisotopic (exact) mass is 549 g/mol. The Morgan fingerprint density at radius 2 is 1.82 bits per heavy atom. The fraction of sp³-hybridized carbons (Fsp3) is 0.467. The molecule has 1 atom stereocenters. The summed E-state index contributed by atoms with van der Waals surface area (Å²) in [7, 11) is 1.65. The van der Waals surface area contributed by atoms with Crippen LogP contribution in [0.4, 0.5) is 0 Å². The van der Waals surface area contributed by atoms with Crippen LogP contribution in [0.25, 0.3) is 17.1 Å². The van der Waals surface area contributed by atoms with E-state index in [1.807, 2.05) is 61.8 Å². The molecule has 4 rings (SSSR count). The normalized spacial score (nSPS) is 15.9. The van der Waals surface area contributed by atoms with Gasteiger partial charge in [-0.15, -0.1) is 10.2 Å². The van der Waals surface area contributed by atoms with E-state index in [2.05, 4.69) is 46.0 Å². The van der Waals surface area contributed by atoms with Crippen molar-refractivity contribution in [1.29, 1.82) is 0 Å². The maximum absolute atomic E-state index is 13.0. The van der Waals surface area contributed by atoms with Crippen LogP contribution in [0.3, 0.4) is 0 Å². The number of methoxy groups -OCH3 is 1. The minimum Gasteiger partial charge on any atom is -0.497 e. The fourth-order valence-corrected chi connectivity index (χ4v) is 5.59. The number of benzene rings is 2. The molecule has 1 saturated heterocycles. The average Bonchev–Trinajstić information content (AvgIpc) is 3.34. The molecular formula is C30H39N5O3S. The van der Waals surface area contributed by atoms with E-state index in [4.69, 9.17) is 4.74 Å². The van der Waals surface area contributed by atoms with Gasteiger partial charge in [-0.05, 0) is 44.5 Å². The average molecular weight is 550 g/mol. The van der Waals surface area contributed by atoms with Crippen LogP contribution in [0.2, 0.25) is 0 Å². The van der Waals surface area contributed by atoms with Gasteiger partial charge in [0.2, 0.25) is 11.8 Å². The maximum Gasteiger partial charge on any atom is 0.228 e. The highest BCUT2D eigenvalue weighted by Crippen LogP contribution is 2.30. The summed E-state index contributed by atoms with van der Waals surface area (Å²) in [4.78, 5) is 29.5. The molecule has 1 aromatic heterocycles. The van der Waals surface area contributed by atoms with E-state index < -0.39 is 5.41 Å². The van der Waals surface area contributed by atoms with Gasteiger partial charge in [-0.2, -0.15) is 0 Å². The van der Waals surface area contributed by atoms with E-state index in [0.717, 1.165) is 40.2 Å². The van der Waals surface area contributed by atoms with Gasteiger partial charge in [0.15, 0.2) is 11.0 Å². The number of thioether (sulfide) groups is 1. The Bertz CT molecular complexity index is 1300. The van der Waals surface area contributed by atoms with Crippen LogP contribution in [0.1, 0.15) is 46.1 Å². The van der Waals surface area contributed by atoms with Gasteiger partial charge in [0.05, 0.1) is 7.11 Å². The lowest BCUT2D eigenvalue weighted by Crippen LogP contribution is -2.57. The van der Waals surface area contributed by atoms with Crippen LogP contribution >= 0.6 is 11.8 Å². The van der Waals surface area contributed by atoms with Crippen molar-refractivity contribution in [2.75, 3.05) is 32.5 Å². The minimum absolute atomic E-state index is 0.0203. The number of hydrogen-bond donors (Lipinski definition) is 0. The largest absolute Gasteiger partial charge is 0.497 e. The summed E-state index contributed by atoms with van der Waals surface area (Å²) in [5, 5.41) is 9.82. The molecule has 9 heteroatoms. The third kappa shape index (κ3) is 6.82. The zero-order chi connectivity index (χ0) is 28.2. The summed E-state index contributed by atoms with van der Waals surface area (Å²) in [5.41, 5.74) is 2.67. The SMILES string of the molecule is COc1cccc(-c2nnc(SCCCC(=O)N3CCN(C(=O)C(C)(C)C)C(C)C3)n2-c2ccc(C)cc2)c1. The van der Waals surface area contributed by atoms with Crippen molar-refractivity contribution in [1.82, 2.24) is 24.6 Å². The van der Waals surface area contributed by atoms with Gasteiger partial charge in [-0.3, -0.25) is 14.2 Å². The van der Waals surface area contributed by atoms with E-state index >= 15 is 0 Å². The number of nitrogens with zero attached hydrogens (tertiary/aromatic N) is 5. The standard InChI is InChI=1S/C30H39N5O3S/c1-21-12-14-24(15-13-21)35-27(23-9-7-10-25(19-23)38-6)31-32-29(35)39-18-8-11-26(36)33-16-17-34(22(2)20-33)28(37)30(3,4)5/h7,9-10,12-15,19,22H,8,11,16-18,20H2,1-6H3. The Hall–Kier alpha value is -3.33. The molecule has 2 amide bonds. The van der Waals surface area contributed by atoms with Crippen LogP contribution in [0.5, 0.6) is 5.75 Å². The summed E-state index contributed by atoms with van der Waals surface area (Å²) >= 11 is 1.60. The van der Waals surface area contributed by atoms with Crippen molar-refractivity contribution >= 4 is 23.6 Å². The number of carbonyl (C=O) groups excluding carboxylic acids is 2. The maximum atomic E-state index is 13.0. The van der Waals surface area contributed by atoms with E-state index in [-0.39, 0.29) is 17.9 Å². The number of aromatic nitrogens is 3. The molecule has 1 fully saturated rings. The van der Waals surface area contributed by atoms with Crippen LogP contribution in [0, 0.1) is 12.3 Å². The zero-order valence-electron chi connectivity index (χ0n) is 23.8. The Morgan fingerprint density at radius 3 is 2.49 bits per heavy atom. The molecule has 0 aliphatic carbocycles. The highest BCUT2D eigenvalue weighted by molar-refractivity contribution is 7.99. The number of amides is 2. The Labute approximate surface area is 235 Å². The van der Waals surface area contributed by atoms with Crippen molar-refractivity contribution < 1.29 is 14.3 Å². The van der Waals surface area contributed by atoms with Gasteiger partial charge in [0.25, 0.3) is 0 Å². The Kier molecular flexibility index (Phi) is 9.00. The van der Waals surface area contributed by atoms with E-state index in [1.165, 1.54) is 5.56 Å². The molecule has 2 heterocycles. The molecule has 1 aliphatic heterocycles. The zero-order valence-corrected chi connectivity index (χ0v) is 24.6. The number of aryl methyl sites for hydroxylation is 1. The smallest absolute Gasteiger partial charge is 0.228 e. The second-order valence-corrected chi connectivity index (χ2v) is 12.2. The first-order valence-electron chi connectivity index (χ1n) is 13.5. The summed E-state index contributed by atoms with van der Waals surface area (Å²) in [5.74, 6) is 2.53. The Balaban J connectivity index is 1.39. The minimum atomic E-state index is -0.413. The molecule has 0 saturated carbocycles. The number of carbonyl (C=O) groups is 2. The van der Waals surface area contributed by atoms with Crippen LogP contribution in [0.15, 0.2) is 53.7 Å². The molecule has 208 valence electrons. The molecule has 0 N–H and O–H groups in total. The summed E-state index contributed by atoms with van der Waals surface area (Å²) in [6, 6.07) is 16.1. The topological polar surface area (TPSA) is 80.6 Å². The predicted octanol–water partition coefficient (Wildman–Crippen LogP) is 5.23. The third-order valence-corrected chi connectivity index (χ3v) is 7.92. The molecule has 2 aromatic carbocycles. The van der Waals surface area contributed by atoms with Crippen molar-refractivity contribution in [3.05, 3.63) is 54.1 Å². The number of hydrogen-bond acceptors (Lipinski definition) is 6. The molecule has 0 radical (unpaired) electrons. The van der Waals surface area contributed by atoms with Gasteiger partial charge in [-0.1, -0.05) is 62.4 Å². The lowest BCUT2D eigenvalue weighted by Gasteiger charge is -2.42. The first kappa shape index (κ1) is 28.7. The van der Waals surface area contributed by atoms with Crippen molar-refractivity contribution in [3.63, 3.8) is 0 Å². The highest BCUT2D eigenvalue weighted by Gasteiger charge is 2.34. The summed E-state index contributed by atoms with van der Waals surface area (Å²) in [6.07, 6.45) is 1.20. The van der Waals surface area contributed by atoms with Gasteiger partial charge in [0.1, 0.15) is 5.75 Å². The van der Waals surface area contributed by atoms with Gasteiger partial charge >= 0.3 is 0 Å². The quantitative estimate of drug-likeness (QED) is 0.283. The summed E-state index contributed by atoms with van der Waals surface area (Å²) < 4.78 is 7.48. The van der Waals surface area contributed by atoms with E-state index in [1.54, 1.807) is 18.9 Å². The lowest BCUT2D eigenvalue weighted by molar-refractivity contribution is -0.148. The molecular weight excluding hydrogens is 510 g/mol. The second kappa shape index (κ2) is 12.2. The first-order chi connectivity index (χ1) is 18.6. The molecule has 0 spiro atoms. The fourth-order valence-electron chi connectivity index (χ4n) is 4.70. The van der Waals surface area contributed by atoms with Crippen LogP contribution < -0.4 is 4.74 Å². The molecule has 3 aromatic rings. The lowest BCUT2D eigenvalue weighted by atomic mass is 9.93. The summed E-state index contributed by atoms with van der Waals surface area (Å²) in [6.45, 7) is 11.7. The van der Waals surface area contributed by atoms with Crippen LogP contribution in [-0.2, 0) is 9.59 Å². The van der Waals surface area contributed by atoms with E-state index in [9.17, 15) is 9.59 Å². The van der Waals surface area contributed by atoms with E-state index in [0.29, 0.717) is 26.1 Å². The molecule has 0 bridgehead atoms. The molecule has 1 aliphatic rings.